The van der Waals surface area contributed by atoms with Crippen LogP contribution in [0.15, 0.2) is 12.1 Å². The van der Waals surface area contributed by atoms with Crippen LogP contribution in [-0.4, -0.2) is 18.3 Å². The van der Waals surface area contributed by atoms with Crippen molar-refractivity contribution in [1.82, 2.24) is 0 Å². The summed E-state index contributed by atoms with van der Waals surface area (Å²) in [6.07, 6.45) is 6.69. The van der Waals surface area contributed by atoms with E-state index in [4.69, 9.17) is 10.5 Å². The number of benzene rings is 1. The maximum absolute atomic E-state index is 10.4. The third kappa shape index (κ3) is 1.78. The van der Waals surface area contributed by atoms with E-state index in [0.29, 0.717) is 11.8 Å². The van der Waals surface area contributed by atoms with Gasteiger partial charge in [-0.3, -0.25) is 0 Å². The van der Waals surface area contributed by atoms with Crippen molar-refractivity contribution in [3.8, 4) is 5.75 Å². The molecule has 0 radical (unpaired) electrons. The second-order valence-electron chi connectivity index (χ2n) is 7.80. The molecule has 3 aliphatic carbocycles. The molecule has 3 N–H and O–H groups in total. The molecule has 0 spiro atoms. The van der Waals surface area contributed by atoms with Crippen molar-refractivity contribution in [2.75, 3.05) is 12.8 Å². The topological polar surface area (TPSA) is 55.5 Å². The Bertz CT molecular complexity index is 599. The molecule has 0 aromatic heterocycles. The Morgan fingerprint density at radius 1 is 1.23 bits per heavy atom. The van der Waals surface area contributed by atoms with E-state index in [-0.39, 0.29) is 11.5 Å². The lowest BCUT2D eigenvalue weighted by molar-refractivity contribution is -0.0225. The largest absolute Gasteiger partial charge is 0.495 e. The van der Waals surface area contributed by atoms with Gasteiger partial charge >= 0.3 is 0 Å². The average Bonchev–Trinajstić information content (AvgIpc) is 2.83. The van der Waals surface area contributed by atoms with Crippen LogP contribution in [0.4, 0.5) is 5.69 Å². The Labute approximate surface area is 132 Å². The average molecular weight is 301 g/mol. The highest BCUT2D eigenvalue weighted by molar-refractivity contribution is 5.63. The molecule has 0 saturated heterocycles. The van der Waals surface area contributed by atoms with Crippen molar-refractivity contribution >= 4 is 5.69 Å². The van der Waals surface area contributed by atoms with Crippen LogP contribution in [0.1, 0.15) is 56.1 Å². The second-order valence-corrected chi connectivity index (χ2v) is 7.80. The van der Waals surface area contributed by atoms with Crippen molar-refractivity contribution in [2.24, 2.45) is 17.3 Å². The summed E-state index contributed by atoms with van der Waals surface area (Å²) in [5.41, 5.74) is 10.1. The smallest absolute Gasteiger partial charge is 0.142 e. The molecule has 0 bridgehead atoms. The first-order chi connectivity index (χ1) is 10.6. The number of hydrogen-bond donors (Lipinski definition) is 2. The fourth-order valence-corrected chi connectivity index (χ4v) is 5.82. The zero-order valence-electron chi connectivity index (χ0n) is 13.6. The van der Waals surface area contributed by atoms with E-state index < -0.39 is 0 Å². The second kappa shape index (κ2) is 4.89. The standard InChI is InChI=1S/C19H27NO2/c1-19-10-9-12-11-5-7-16(22-2)18(20)14(11)4-3-13(12)15(19)6-8-17(19)21/h5,7,12-13,15,17,21H,3-4,6,8-10,20H2,1-2H3/t12-,13-,15+,17+,19+/m1/s1. The normalized spacial score (nSPS) is 39.8. The van der Waals surface area contributed by atoms with Gasteiger partial charge in [0.2, 0.25) is 0 Å². The van der Waals surface area contributed by atoms with Gasteiger partial charge in [-0.15, -0.1) is 0 Å². The minimum absolute atomic E-state index is 0.0965. The van der Waals surface area contributed by atoms with Crippen LogP contribution >= 0.6 is 0 Å². The van der Waals surface area contributed by atoms with Gasteiger partial charge in [-0.05, 0) is 78.9 Å². The van der Waals surface area contributed by atoms with Gasteiger partial charge in [0.25, 0.3) is 0 Å². The van der Waals surface area contributed by atoms with Gasteiger partial charge in [0.1, 0.15) is 5.75 Å². The number of anilines is 1. The van der Waals surface area contributed by atoms with Crippen LogP contribution in [0.2, 0.25) is 0 Å². The Morgan fingerprint density at radius 3 is 2.82 bits per heavy atom. The van der Waals surface area contributed by atoms with Crippen molar-refractivity contribution in [2.45, 2.75) is 57.5 Å². The lowest BCUT2D eigenvalue weighted by Crippen LogP contribution is -2.44. The molecule has 120 valence electrons. The summed E-state index contributed by atoms with van der Waals surface area (Å²) in [5.74, 6) is 2.84. The summed E-state index contributed by atoms with van der Waals surface area (Å²) in [4.78, 5) is 0. The fourth-order valence-electron chi connectivity index (χ4n) is 5.82. The molecule has 1 aromatic carbocycles. The molecule has 1 aromatic rings. The number of hydrogen-bond acceptors (Lipinski definition) is 3. The van der Waals surface area contributed by atoms with Gasteiger partial charge in [0.15, 0.2) is 0 Å². The van der Waals surface area contributed by atoms with Crippen LogP contribution in [0, 0.1) is 17.3 Å². The molecule has 0 aliphatic heterocycles. The Balaban J connectivity index is 1.72. The van der Waals surface area contributed by atoms with E-state index in [9.17, 15) is 5.11 Å². The molecule has 0 amide bonds. The minimum atomic E-state index is -0.0965. The highest BCUT2D eigenvalue weighted by atomic mass is 16.5. The van der Waals surface area contributed by atoms with Crippen LogP contribution in [0.3, 0.4) is 0 Å². The number of nitrogen functional groups attached to an aromatic ring is 1. The number of methoxy groups -OCH3 is 1. The van der Waals surface area contributed by atoms with Gasteiger partial charge in [0, 0.05) is 0 Å². The van der Waals surface area contributed by atoms with E-state index >= 15 is 0 Å². The zero-order chi connectivity index (χ0) is 15.5. The SMILES string of the molecule is COc1ccc2c(c1N)CC[C@@H]1[C@@H]2CC[C@]2(C)[C@@H](O)CC[C@@H]12. The Hall–Kier alpha value is -1.22. The first-order valence-corrected chi connectivity index (χ1v) is 8.69. The van der Waals surface area contributed by atoms with Gasteiger partial charge < -0.3 is 15.6 Å². The number of rotatable bonds is 1. The maximum atomic E-state index is 10.4. The van der Waals surface area contributed by atoms with Crippen molar-refractivity contribution in [3.05, 3.63) is 23.3 Å². The van der Waals surface area contributed by atoms with E-state index in [0.717, 1.165) is 36.6 Å². The molecule has 22 heavy (non-hydrogen) atoms. The predicted molar refractivity (Wildman–Crippen MR) is 88.0 cm³/mol. The predicted octanol–water partition coefficient (Wildman–Crippen LogP) is 3.49. The monoisotopic (exact) mass is 301 g/mol. The molecular weight excluding hydrogens is 274 g/mol. The van der Waals surface area contributed by atoms with E-state index in [1.165, 1.54) is 30.4 Å². The van der Waals surface area contributed by atoms with Gasteiger partial charge in [0.05, 0.1) is 18.9 Å². The lowest BCUT2D eigenvalue weighted by atomic mass is 9.55. The van der Waals surface area contributed by atoms with Crippen LogP contribution in [0.5, 0.6) is 5.75 Å². The van der Waals surface area contributed by atoms with E-state index in [1.54, 1.807) is 7.11 Å². The quantitative estimate of drug-likeness (QED) is 0.781. The number of ether oxygens (including phenoxy) is 1. The number of fused-ring (bicyclic) bond motifs is 5. The summed E-state index contributed by atoms with van der Waals surface area (Å²) in [5, 5.41) is 10.4. The van der Waals surface area contributed by atoms with Crippen LogP contribution in [-0.2, 0) is 6.42 Å². The van der Waals surface area contributed by atoms with Crippen LogP contribution < -0.4 is 10.5 Å². The summed E-state index contributed by atoms with van der Waals surface area (Å²) >= 11 is 0. The molecule has 3 heteroatoms. The van der Waals surface area contributed by atoms with Crippen molar-refractivity contribution in [3.63, 3.8) is 0 Å². The van der Waals surface area contributed by atoms with Crippen LogP contribution in [0.25, 0.3) is 0 Å². The summed E-state index contributed by atoms with van der Waals surface area (Å²) < 4.78 is 5.39. The highest BCUT2D eigenvalue weighted by Crippen LogP contribution is 2.61. The fraction of sp³-hybridized carbons (Fsp3) is 0.684. The molecular formula is C19H27NO2. The molecule has 2 saturated carbocycles. The molecule has 3 nitrogen and oxygen atoms in total. The molecule has 3 aliphatic rings. The molecule has 0 heterocycles. The van der Waals surface area contributed by atoms with E-state index in [2.05, 4.69) is 13.0 Å². The van der Waals surface area contributed by atoms with E-state index in [1.807, 2.05) is 6.07 Å². The molecule has 0 unspecified atom stereocenters. The first-order valence-electron chi connectivity index (χ1n) is 8.69. The maximum Gasteiger partial charge on any atom is 0.142 e. The highest BCUT2D eigenvalue weighted by Gasteiger charge is 2.54. The van der Waals surface area contributed by atoms with Gasteiger partial charge in [-0.2, -0.15) is 0 Å². The van der Waals surface area contributed by atoms with Gasteiger partial charge in [-0.1, -0.05) is 13.0 Å². The number of aliphatic hydroxyl groups is 1. The molecule has 4 rings (SSSR count). The van der Waals surface area contributed by atoms with Crippen molar-refractivity contribution < 1.29 is 9.84 Å². The lowest BCUT2D eigenvalue weighted by Gasteiger charge is -2.50. The third-order valence-corrected chi connectivity index (χ3v) is 7.09. The summed E-state index contributed by atoms with van der Waals surface area (Å²) in [6, 6.07) is 4.28. The zero-order valence-corrected chi connectivity index (χ0v) is 13.6. The third-order valence-electron chi connectivity index (χ3n) is 7.09. The van der Waals surface area contributed by atoms with Gasteiger partial charge in [-0.25, -0.2) is 0 Å². The van der Waals surface area contributed by atoms with Crippen molar-refractivity contribution in [1.29, 1.82) is 0 Å². The number of nitrogens with two attached hydrogens (primary N) is 1. The summed E-state index contributed by atoms with van der Waals surface area (Å²) in [6.45, 7) is 2.32. The molecule has 5 atom stereocenters. The number of aliphatic hydroxyl groups excluding tert-OH is 1. The Kier molecular flexibility index (Phi) is 3.19. The first kappa shape index (κ1) is 14.4. The molecule has 2 fully saturated rings. The summed E-state index contributed by atoms with van der Waals surface area (Å²) in [7, 11) is 1.69. The Morgan fingerprint density at radius 2 is 2.05 bits per heavy atom. The minimum Gasteiger partial charge on any atom is -0.495 e.